The molecule has 1 unspecified atom stereocenters. The van der Waals surface area contributed by atoms with Crippen LogP contribution in [-0.4, -0.2) is 55.5 Å². The van der Waals surface area contributed by atoms with E-state index in [1.807, 2.05) is 0 Å². The maximum atomic E-state index is 12.5. The lowest BCUT2D eigenvalue weighted by molar-refractivity contribution is -0.306. The summed E-state index contributed by atoms with van der Waals surface area (Å²) < 4.78 is 25.9. The molecule has 10 heteroatoms. The minimum absolute atomic E-state index is 0.0186. The fourth-order valence-corrected chi connectivity index (χ4v) is 4.84. The maximum Gasteiger partial charge on any atom is 0.244 e. The molecule has 0 radical (unpaired) electrons. The smallest absolute Gasteiger partial charge is 0.244 e. The highest BCUT2D eigenvalue weighted by Crippen LogP contribution is 2.30. The zero-order valence-electron chi connectivity index (χ0n) is 12.0. The Morgan fingerprint density at radius 2 is 2.00 bits per heavy atom. The minimum atomic E-state index is -3.87. The first-order valence-corrected chi connectivity index (χ1v) is 8.84. The quantitative estimate of drug-likeness (QED) is 0.553. The predicted octanol–water partition coefficient (Wildman–Crippen LogP) is 0.0604. The van der Waals surface area contributed by atoms with Crippen LogP contribution >= 0.6 is 11.8 Å². The lowest BCUT2D eigenvalue weighted by Crippen LogP contribution is -2.45. The van der Waals surface area contributed by atoms with Gasteiger partial charge in [-0.15, -0.1) is 16.9 Å². The highest BCUT2D eigenvalue weighted by molar-refractivity contribution is 8.02. The van der Waals surface area contributed by atoms with E-state index in [9.17, 15) is 18.3 Å². The standard InChI is InChI=1S/C12H16N4O4S2/c1-15(2)14-13-9-3-5-10(6-4-9)22(19,20)16-7-8-21-11(16)12(17)18/h3-6,11H,7-8H2,1-2H3,(H,17,18)/p-1. The third-order valence-corrected chi connectivity index (χ3v) is 6.03. The minimum Gasteiger partial charge on any atom is -0.547 e. The van der Waals surface area contributed by atoms with Crippen LogP contribution in [0.2, 0.25) is 0 Å². The van der Waals surface area contributed by atoms with Gasteiger partial charge in [0, 0.05) is 26.4 Å². The van der Waals surface area contributed by atoms with Crippen LogP contribution in [0.1, 0.15) is 0 Å². The summed E-state index contributed by atoms with van der Waals surface area (Å²) in [5.74, 6) is -0.977. The summed E-state index contributed by atoms with van der Waals surface area (Å²) in [4.78, 5) is 11.0. The Kier molecular flexibility index (Phi) is 5.04. The van der Waals surface area contributed by atoms with Crippen molar-refractivity contribution in [1.82, 2.24) is 9.31 Å². The monoisotopic (exact) mass is 343 g/mol. The molecule has 0 amide bonds. The molecule has 0 N–H and O–H groups in total. The molecule has 1 saturated heterocycles. The maximum absolute atomic E-state index is 12.5. The van der Waals surface area contributed by atoms with Crippen LogP contribution in [-0.2, 0) is 14.8 Å². The number of aliphatic carboxylic acids is 1. The molecule has 1 aliphatic heterocycles. The second kappa shape index (κ2) is 6.63. The molecule has 8 nitrogen and oxygen atoms in total. The highest BCUT2D eigenvalue weighted by atomic mass is 32.2. The lowest BCUT2D eigenvalue weighted by Gasteiger charge is -2.23. The van der Waals surface area contributed by atoms with Gasteiger partial charge < -0.3 is 9.90 Å². The van der Waals surface area contributed by atoms with Crippen LogP contribution in [0.4, 0.5) is 5.69 Å². The average molecular weight is 343 g/mol. The van der Waals surface area contributed by atoms with Gasteiger partial charge in [-0.3, -0.25) is 5.01 Å². The van der Waals surface area contributed by atoms with Gasteiger partial charge in [0.2, 0.25) is 10.0 Å². The Morgan fingerprint density at radius 3 is 2.55 bits per heavy atom. The zero-order chi connectivity index (χ0) is 16.3. The van der Waals surface area contributed by atoms with Crippen molar-refractivity contribution in [2.75, 3.05) is 26.4 Å². The van der Waals surface area contributed by atoms with E-state index in [4.69, 9.17) is 0 Å². The zero-order valence-corrected chi connectivity index (χ0v) is 13.7. The van der Waals surface area contributed by atoms with Gasteiger partial charge in [0.15, 0.2) is 0 Å². The number of sulfonamides is 1. The number of carboxylic acids is 1. The van der Waals surface area contributed by atoms with Crippen molar-refractivity contribution in [1.29, 1.82) is 0 Å². The van der Waals surface area contributed by atoms with Crippen LogP contribution in [0.5, 0.6) is 0 Å². The summed E-state index contributed by atoms with van der Waals surface area (Å²) in [6, 6.07) is 5.79. The molecular weight excluding hydrogens is 328 g/mol. The number of nitrogens with zero attached hydrogens (tertiary/aromatic N) is 4. The summed E-state index contributed by atoms with van der Waals surface area (Å²) >= 11 is 1.04. The molecule has 1 atom stereocenters. The summed E-state index contributed by atoms with van der Waals surface area (Å²) in [7, 11) is -0.441. The van der Waals surface area contributed by atoms with Crippen molar-refractivity contribution in [2.24, 2.45) is 10.3 Å². The van der Waals surface area contributed by atoms with Crippen molar-refractivity contribution >= 4 is 33.4 Å². The summed E-state index contributed by atoms with van der Waals surface area (Å²) in [6.07, 6.45) is 0. The average Bonchev–Trinajstić information content (AvgIpc) is 2.96. The largest absolute Gasteiger partial charge is 0.547 e. The van der Waals surface area contributed by atoms with Gasteiger partial charge in [-0.25, -0.2) is 8.42 Å². The van der Waals surface area contributed by atoms with Crippen molar-refractivity contribution < 1.29 is 18.3 Å². The van der Waals surface area contributed by atoms with Gasteiger partial charge in [-0.1, -0.05) is 5.22 Å². The molecule has 0 bridgehead atoms. The second-order valence-corrected chi connectivity index (χ2v) is 7.77. The summed E-state index contributed by atoms with van der Waals surface area (Å²) in [5, 5.41) is 19.1. The van der Waals surface area contributed by atoms with E-state index in [-0.39, 0.29) is 11.4 Å². The van der Waals surface area contributed by atoms with Gasteiger partial charge in [0.1, 0.15) is 5.37 Å². The first-order chi connectivity index (χ1) is 10.3. The molecule has 0 aromatic heterocycles. The lowest BCUT2D eigenvalue weighted by atomic mass is 10.3. The molecule has 1 aromatic rings. The van der Waals surface area contributed by atoms with Crippen LogP contribution in [0, 0.1) is 0 Å². The Labute approximate surface area is 132 Å². The van der Waals surface area contributed by atoms with Crippen LogP contribution < -0.4 is 5.11 Å². The van der Waals surface area contributed by atoms with Crippen molar-refractivity contribution in [3.63, 3.8) is 0 Å². The molecule has 0 aliphatic carbocycles. The molecule has 22 heavy (non-hydrogen) atoms. The third kappa shape index (κ3) is 3.57. The number of carbonyl (C=O) groups is 1. The second-order valence-electron chi connectivity index (χ2n) is 4.69. The van der Waals surface area contributed by atoms with E-state index >= 15 is 0 Å². The first-order valence-electron chi connectivity index (χ1n) is 6.36. The molecule has 120 valence electrons. The number of carbonyl (C=O) groups excluding carboxylic acids is 1. The number of benzene rings is 1. The summed E-state index contributed by atoms with van der Waals surface area (Å²) in [5.41, 5.74) is 0.500. The van der Waals surface area contributed by atoms with Gasteiger partial charge in [-0.05, 0) is 24.3 Å². The fourth-order valence-electron chi connectivity index (χ4n) is 1.85. The van der Waals surface area contributed by atoms with Gasteiger partial charge in [-0.2, -0.15) is 4.31 Å². The molecule has 1 aliphatic rings. The van der Waals surface area contributed by atoms with Gasteiger partial charge in [0.25, 0.3) is 0 Å². The van der Waals surface area contributed by atoms with E-state index in [2.05, 4.69) is 10.3 Å². The van der Waals surface area contributed by atoms with E-state index in [0.29, 0.717) is 11.4 Å². The third-order valence-electron chi connectivity index (χ3n) is 2.83. The predicted molar refractivity (Wildman–Crippen MR) is 79.8 cm³/mol. The molecule has 1 heterocycles. The Balaban J connectivity index is 2.25. The van der Waals surface area contributed by atoms with E-state index in [0.717, 1.165) is 16.1 Å². The van der Waals surface area contributed by atoms with Crippen molar-refractivity contribution in [3.8, 4) is 0 Å². The Bertz CT molecular complexity index is 673. The first kappa shape index (κ1) is 16.7. The highest BCUT2D eigenvalue weighted by Gasteiger charge is 2.36. The number of hydrogen-bond acceptors (Lipinski definition) is 7. The molecular formula is C12H15N4O4S2-. The number of rotatable bonds is 5. The molecule has 1 aromatic carbocycles. The summed E-state index contributed by atoms with van der Waals surface area (Å²) in [6.45, 7) is 0.147. The molecule has 2 rings (SSSR count). The van der Waals surface area contributed by atoms with Crippen LogP contribution in [0.25, 0.3) is 0 Å². The number of thioether (sulfide) groups is 1. The number of hydrogen-bond donors (Lipinski definition) is 0. The van der Waals surface area contributed by atoms with E-state index < -0.39 is 21.4 Å². The van der Waals surface area contributed by atoms with Crippen LogP contribution in [0.3, 0.4) is 0 Å². The SMILES string of the molecule is CN(C)N=Nc1ccc(S(=O)(=O)N2CCSC2C(=O)[O-])cc1. The van der Waals surface area contributed by atoms with Gasteiger partial charge >= 0.3 is 0 Å². The van der Waals surface area contributed by atoms with E-state index in [1.54, 1.807) is 14.1 Å². The number of carboxylic acid groups (broad SMARTS) is 1. The molecule has 0 saturated carbocycles. The topological polar surface area (TPSA) is 105 Å². The Morgan fingerprint density at radius 1 is 1.36 bits per heavy atom. The normalized spacial score (nSPS) is 19.6. The van der Waals surface area contributed by atoms with Crippen molar-refractivity contribution in [2.45, 2.75) is 10.3 Å². The Hall–Kier alpha value is -1.65. The van der Waals surface area contributed by atoms with Crippen molar-refractivity contribution in [3.05, 3.63) is 24.3 Å². The molecule has 1 fully saturated rings. The fraction of sp³-hybridized carbons (Fsp3) is 0.417. The van der Waals surface area contributed by atoms with E-state index in [1.165, 1.54) is 29.3 Å². The molecule has 0 spiro atoms. The van der Waals surface area contributed by atoms with Gasteiger partial charge in [0.05, 0.1) is 16.6 Å². The van der Waals surface area contributed by atoms with Crippen LogP contribution in [0.15, 0.2) is 39.5 Å².